The van der Waals surface area contributed by atoms with E-state index in [4.69, 9.17) is 20.0 Å². The van der Waals surface area contributed by atoms with E-state index in [-0.39, 0.29) is 12.3 Å². The first kappa shape index (κ1) is 28.9. The van der Waals surface area contributed by atoms with Crippen molar-refractivity contribution < 1.29 is 0 Å². The molecule has 0 saturated carbocycles. The Morgan fingerprint density at radius 3 is 1.95 bits per heavy atom. The Bertz CT molecular complexity index is 1250. The van der Waals surface area contributed by atoms with Gasteiger partial charge in [0.15, 0.2) is 0 Å². The fourth-order valence-corrected chi connectivity index (χ4v) is 6.37. The molecular weight excluding hydrogens is 529 g/mol. The number of guanidine groups is 4. The summed E-state index contributed by atoms with van der Waals surface area (Å²) < 4.78 is 0. The van der Waals surface area contributed by atoms with Gasteiger partial charge in [0.25, 0.3) is 0 Å². The lowest BCUT2D eigenvalue weighted by atomic mass is 10.3. The molecule has 2 aliphatic heterocycles. The maximum atomic E-state index is 5.04. The van der Waals surface area contributed by atoms with Gasteiger partial charge in [0.1, 0.15) is 12.3 Å². The van der Waals surface area contributed by atoms with Crippen LogP contribution >= 0.6 is 22.7 Å². The lowest BCUT2D eigenvalue weighted by Crippen LogP contribution is -2.52. The molecule has 2 atom stereocenters. The van der Waals surface area contributed by atoms with Gasteiger partial charge in [0, 0.05) is 74.8 Å². The van der Waals surface area contributed by atoms with E-state index >= 15 is 0 Å². The van der Waals surface area contributed by atoms with Crippen molar-refractivity contribution in [3.05, 3.63) is 43.8 Å². The Labute approximate surface area is 241 Å². The van der Waals surface area contributed by atoms with Gasteiger partial charge in [-0.05, 0) is 45.0 Å². The van der Waals surface area contributed by atoms with Crippen molar-refractivity contribution >= 4 is 46.5 Å². The second-order valence-corrected chi connectivity index (χ2v) is 13.2. The monoisotopic (exact) mass is 570 g/mol. The molecule has 2 aliphatic rings. The smallest absolute Gasteiger partial charge is 0.205 e. The number of hydrogen-bond acceptors (Lipinski definition) is 12. The summed E-state index contributed by atoms with van der Waals surface area (Å²) in [5.74, 6) is 3.49. The third-order valence-corrected chi connectivity index (χ3v) is 8.40. The summed E-state index contributed by atoms with van der Waals surface area (Å²) in [7, 11) is 12.2. The molecule has 10 nitrogen and oxygen atoms in total. The second-order valence-electron chi connectivity index (χ2n) is 10.4. The molecule has 0 bridgehead atoms. The van der Waals surface area contributed by atoms with E-state index in [1.54, 1.807) is 0 Å². The fraction of sp³-hybridized carbons (Fsp3) is 0.556. The standard InChI is InChI=1S/C27H42N10S2/c1-18-10-12-21(38-18)16-35(8)25-31-23(30-24(32-25)33(4)5)14-15-37(17-22-13-11-19(2)39-22)27-29-20(3)28-26(34(6)7)36(27)9/h10-13,20,23H,14-17H2,1-9H3,(H,30,31,32). The average molecular weight is 571 g/mol. The summed E-state index contributed by atoms with van der Waals surface area (Å²) in [6.45, 7) is 8.66. The van der Waals surface area contributed by atoms with Crippen LogP contribution in [0.5, 0.6) is 0 Å². The predicted molar refractivity (Wildman–Crippen MR) is 166 cm³/mol. The number of nitrogens with one attached hydrogen (secondary N) is 1. The van der Waals surface area contributed by atoms with Crippen LogP contribution in [-0.4, -0.2) is 110 Å². The Hall–Kier alpha value is -3.12. The highest BCUT2D eigenvalue weighted by molar-refractivity contribution is 7.12. The Morgan fingerprint density at radius 1 is 0.795 bits per heavy atom. The van der Waals surface area contributed by atoms with Crippen molar-refractivity contribution in [1.29, 1.82) is 0 Å². The van der Waals surface area contributed by atoms with Crippen molar-refractivity contribution in [1.82, 2.24) is 29.8 Å². The average Bonchev–Trinajstić information content (AvgIpc) is 3.49. The molecule has 1 N–H and O–H groups in total. The molecule has 4 heterocycles. The van der Waals surface area contributed by atoms with Crippen LogP contribution in [0.2, 0.25) is 0 Å². The van der Waals surface area contributed by atoms with Gasteiger partial charge < -0.3 is 19.6 Å². The highest BCUT2D eigenvalue weighted by Gasteiger charge is 2.28. The third kappa shape index (κ3) is 7.30. The second kappa shape index (κ2) is 12.4. The highest BCUT2D eigenvalue weighted by Crippen LogP contribution is 2.22. The number of aryl methyl sites for hydroxylation is 2. The van der Waals surface area contributed by atoms with Crippen LogP contribution in [0.4, 0.5) is 0 Å². The summed E-state index contributed by atoms with van der Waals surface area (Å²) in [6, 6.07) is 8.75. The van der Waals surface area contributed by atoms with E-state index in [1.807, 2.05) is 74.6 Å². The zero-order valence-corrected chi connectivity index (χ0v) is 26.3. The molecule has 12 heteroatoms. The van der Waals surface area contributed by atoms with Gasteiger partial charge in [-0.25, -0.2) is 20.0 Å². The summed E-state index contributed by atoms with van der Waals surface area (Å²) in [4.78, 5) is 35.6. The van der Waals surface area contributed by atoms with Crippen LogP contribution in [0.3, 0.4) is 0 Å². The number of hydrogen-bond donors (Lipinski definition) is 1. The molecule has 39 heavy (non-hydrogen) atoms. The van der Waals surface area contributed by atoms with Crippen LogP contribution in [0, 0.1) is 13.8 Å². The molecule has 0 aliphatic carbocycles. The first-order valence-electron chi connectivity index (χ1n) is 13.2. The SMILES string of the molecule is Cc1ccc(CN(C)C2=NC(CCN(Cc3ccc(C)s3)C3=NC(C)N=C(N(C)C)N3C)N=C(N(C)C)N2)s1. The molecule has 2 unspecified atom stereocenters. The molecule has 2 aromatic rings. The molecule has 0 aromatic carbocycles. The molecule has 0 amide bonds. The van der Waals surface area contributed by atoms with Crippen molar-refractivity contribution in [2.75, 3.05) is 48.8 Å². The highest BCUT2D eigenvalue weighted by atomic mass is 32.1. The van der Waals surface area contributed by atoms with E-state index in [0.29, 0.717) is 0 Å². The molecule has 4 rings (SSSR count). The molecular formula is C27H42N10S2. The number of rotatable bonds is 7. The van der Waals surface area contributed by atoms with Gasteiger partial charge in [-0.15, -0.1) is 22.7 Å². The van der Waals surface area contributed by atoms with Crippen LogP contribution in [0.15, 0.2) is 44.2 Å². The molecule has 2 aromatic heterocycles. The first-order chi connectivity index (χ1) is 18.5. The van der Waals surface area contributed by atoms with Gasteiger partial charge >= 0.3 is 0 Å². The quantitative estimate of drug-likeness (QED) is 0.549. The fourth-order valence-electron chi connectivity index (χ4n) is 4.52. The van der Waals surface area contributed by atoms with Crippen LogP contribution in [0.1, 0.15) is 32.9 Å². The summed E-state index contributed by atoms with van der Waals surface area (Å²) in [5, 5.41) is 3.43. The van der Waals surface area contributed by atoms with Crippen molar-refractivity contribution in [2.24, 2.45) is 20.0 Å². The normalized spacial score (nSPS) is 19.1. The predicted octanol–water partition coefficient (Wildman–Crippen LogP) is 3.52. The van der Waals surface area contributed by atoms with E-state index in [2.05, 4.69) is 65.2 Å². The van der Waals surface area contributed by atoms with E-state index in [9.17, 15) is 0 Å². The van der Waals surface area contributed by atoms with Gasteiger partial charge in [-0.2, -0.15) is 0 Å². The number of nitrogens with zero attached hydrogens (tertiary/aromatic N) is 9. The van der Waals surface area contributed by atoms with Crippen LogP contribution in [-0.2, 0) is 13.1 Å². The van der Waals surface area contributed by atoms with Crippen LogP contribution < -0.4 is 5.32 Å². The van der Waals surface area contributed by atoms with Crippen molar-refractivity contribution in [3.63, 3.8) is 0 Å². The zero-order chi connectivity index (χ0) is 28.3. The summed E-state index contributed by atoms with van der Waals surface area (Å²) in [6.07, 6.45) is 0.416. The molecule has 212 valence electrons. The van der Waals surface area contributed by atoms with Gasteiger partial charge in [-0.1, -0.05) is 0 Å². The van der Waals surface area contributed by atoms with E-state index in [1.165, 1.54) is 19.5 Å². The Morgan fingerprint density at radius 2 is 1.38 bits per heavy atom. The van der Waals surface area contributed by atoms with Crippen LogP contribution in [0.25, 0.3) is 0 Å². The molecule has 0 fully saturated rings. The molecule has 0 spiro atoms. The Balaban J connectivity index is 1.55. The van der Waals surface area contributed by atoms with Gasteiger partial charge in [-0.3, -0.25) is 10.2 Å². The topological polar surface area (TPSA) is 77.7 Å². The number of aliphatic imine (C=N–C) groups is 4. The third-order valence-electron chi connectivity index (χ3n) is 6.43. The minimum absolute atomic E-state index is 0.141. The maximum absolute atomic E-state index is 5.04. The lowest BCUT2D eigenvalue weighted by Gasteiger charge is -2.38. The van der Waals surface area contributed by atoms with Crippen molar-refractivity contribution in [2.45, 2.75) is 52.6 Å². The minimum atomic E-state index is -0.201. The van der Waals surface area contributed by atoms with Gasteiger partial charge in [0.05, 0.1) is 13.1 Å². The lowest BCUT2D eigenvalue weighted by molar-refractivity contribution is 0.340. The van der Waals surface area contributed by atoms with Gasteiger partial charge in [0.2, 0.25) is 23.8 Å². The number of thiophene rings is 2. The zero-order valence-electron chi connectivity index (χ0n) is 24.6. The Kier molecular flexibility index (Phi) is 9.16. The largest absolute Gasteiger partial charge is 0.349 e. The first-order valence-corrected chi connectivity index (χ1v) is 14.9. The molecule has 0 saturated heterocycles. The maximum Gasteiger partial charge on any atom is 0.205 e. The van der Waals surface area contributed by atoms with E-state index < -0.39 is 0 Å². The minimum Gasteiger partial charge on any atom is -0.349 e. The van der Waals surface area contributed by atoms with E-state index in [0.717, 1.165) is 49.9 Å². The summed E-state index contributed by atoms with van der Waals surface area (Å²) >= 11 is 3.65. The summed E-state index contributed by atoms with van der Waals surface area (Å²) in [5.41, 5.74) is 0. The molecule has 0 radical (unpaired) electrons. The van der Waals surface area contributed by atoms with Crippen molar-refractivity contribution in [3.8, 4) is 0 Å².